The summed E-state index contributed by atoms with van der Waals surface area (Å²) in [5.41, 5.74) is 1.02. The number of nitrogens with zero attached hydrogens (tertiary/aromatic N) is 2. The van der Waals surface area contributed by atoms with Gasteiger partial charge in [0.2, 0.25) is 0 Å². The average molecular weight is 181 g/mol. The minimum absolute atomic E-state index is 0.670. The second-order valence-electron chi connectivity index (χ2n) is 2.74. The van der Waals surface area contributed by atoms with Crippen molar-refractivity contribution in [1.82, 2.24) is 15.3 Å². The second-order valence-corrected chi connectivity index (χ2v) is 2.74. The van der Waals surface area contributed by atoms with Crippen molar-refractivity contribution in [2.75, 3.05) is 20.8 Å². The SMILES string of the molecule is CNCc1ccnc(CCOC)n1. The highest BCUT2D eigenvalue weighted by molar-refractivity contribution is 5.02. The Morgan fingerprint density at radius 1 is 1.54 bits per heavy atom. The van der Waals surface area contributed by atoms with E-state index in [9.17, 15) is 0 Å². The first-order valence-electron chi connectivity index (χ1n) is 4.31. The van der Waals surface area contributed by atoms with Gasteiger partial charge in [-0.15, -0.1) is 0 Å². The van der Waals surface area contributed by atoms with E-state index in [-0.39, 0.29) is 0 Å². The predicted molar refractivity (Wildman–Crippen MR) is 50.4 cm³/mol. The third-order valence-corrected chi connectivity index (χ3v) is 1.65. The van der Waals surface area contributed by atoms with Crippen LogP contribution in [-0.4, -0.2) is 30.7 Å². The summed E-state index contributed by atoms with van der Waals surface area (Å²) in [5.74, 6) is 0.842. The summed E-state index contributed by atoms with van der Waals surface area (Å²) in [5, 5.41) is 3.05. The van der Waals surface area contributed by atoms with E-state index in [4.69, 9.17) is 4.74 Å². The summed E-state index contributed by atoms with van der Waals surface area (Å²) in [4.78, 5) is 8.49. The first-order chi connectivity index (χ1) is 6.36. The molecule has 0 fully saturated rings. The molecule has 0 spiro atoms. The van der Waals surface area contributed by atoms with Crippen molar-refractivity contribution in [3.8, 4) is 0 Å². The Labute approximate surface area is 78.4 Å². The van der Waals surface area contributed by atoms with Crippen LogP contribution in [0.25, 0.3) is 0 Å². The molecule has 0 atom stereocenters. The van der Waals surface area contributed by atoms with Gasteiger partial charge in [-0.2, -0.15) is 0 Å². The highest BCUT2D eigenvalue weighted by Crippen LogP contribution is 1.96. The molecule has 0 aliphatic rings. The van der Waals surface area contributed by atoms with Gasteiger partial charge >= 0.3 is 0 Å². The summed E-state index contributed by atoms with van der Waals surface area (Å²) >= 11 is 0. The van der Waals surface area contributed by atoms with Gasteiger partial charge < -0.3 is 10.1 Å². The Kier molecular flexibility index (Phi) is 4.35. The van der Waals surface area contributed by atoms with Crippen molar-refractivity contribution in [2.45, 2.75) is 13.0 Å². The van der Waals surface area contributed by atoms with Crippen molar-refractivity contribution in [2.24, 2.45) is 0 Å². The molecule has 13 heavy (non-hydrogen) atoms. The number of hydrogen-bond donors (Lipinski definition) is 1. The summed E-state index contributed by atoms with van der Waals surface area (Å²) in [6, 6.07) is 1.91. The molecular weight excluding hydrogens is 166 g/mol. The van der Waals surface area contributed by atoms with Crippen LogP contribution < -0.4 is 5.32 Å². The van der Waals surface area contributed by atoms with Crippen LogP contribution in [0, 0.1) is 0 Å². The first-order valence-corrected chi connectivity index (χ1v) is 4.31. The van der Waals surface area contributed by atoms with E-state index < -0.39 is 0 Å². The molecule has 0 aliphatic heterocycles. The number of aromatic nitrogens is 2. The van der Waals surface area contributed by atoms with Gasteiger partial charge in [0.15, 0.2) is 0 Å². The quantitative estimate of drug-likeness (QED) is 0.713. The van der Waals surface area contributed by atoms with Gasteiger partial charge in [-0.1, -0.05) is 0 Å². The minimum atomic E-state index is 0.670. The molecule has 1 rings (SSSR count). The Balaban J connectivity index is 2.56. The molecule has 1 aromatic heterocycles. The fourth-order valence-corrected chi connectivity index (χ4v) is 1.03. The monoisotopic (exact) mass is 181 g/mol. The van der Waals surface area contributed by atoms with Crippen LogP contribution in [-0.2, 0) is 17.7 Å². The summed E-state index contributed by atoms with van der Waals surface area (Å²) in [7, 11) is 3.58. The molecule has 0 radical (unpaired) electrons. The van der Waals surface area contributed by atoms with Crippen molar-refractivity contribution in [3.63, 3.8) is 0 Å². The fraction of sp³-hybridized carbons (Fsp3) is 0.556. The summed E-state index contributed by atoms with van der Waals surface area (Å²) in [6.45, 7) is 1.45. The van der Waals surface area contributed by atoms with Crippen LogP contribution in [0.3, 0.4) is 0 Å². The molecule has 0 saturated carbocycles. The smallest absolute Gasteiger partial charge is 0.130 e. The normalized spacial score (nSPS) is 10.3. The van der Waals surface area contributed by atoms with Gasteiger partial charge in [0.1, 0.15) is 5.82 Å². The molecular formula is C9H15N3O. The predicted octanol–water partition coefficient (Wildman–Crippen LogP) is 0.385. The first kappa shape index (κ1) is 10.1. The van der Waals surface area contributed by atoms with Gasteiger partial charge in [-0.25, -0.2) is 9.97 Å². The third-order valence-electron chi connectivity index (χ3n) is 1.65. The van der Waals surface area contributed by atoms with E-state index in [1.54, 1.807) is 13.3 Å². The fourth-order valence-electron chi connectivity index (χ4n) is 1.03. The minimum Gasteiger partial charge on any atom is -0.384 e. The van der Waals surface area contributed by atoms with Crippen molar-refractivity contribution in [3.05, 3.63) is 23.8 Å². The molecule has 0 saturated heterocycles. The molecule has 72 valence electrons. The highest BCUT2D eigenvalue weighted by Gasteiger charge is 1.97. The van der Waals surface area contributed by atoms with E-state index in [0.29, 0.717) is 6.61 Å². The second kappa shape index (κ2) is 5.61. The van der Waals surface area contributed by atoms with Crippen molar-refractivity contribution >= 4 is 0 Å². The molecule has 4 nitrogen and oxygen atoms in total. The summed E-state index contributed by atoms with van der Waals surface area (Å²) < 4.78 is 4.95. The van der Waals surface area contributed by atoms with E-state index in [0.717, 1.165) is 24.5 Å². The lowest BCUT2D eigenvalue weighted by Crippen LogP contribution is -2.09. The summed E-state index contributed by atoms with van der Waals surface area (Å²) in [6.07, 6.45) is 2.55. The van der Waals surface area contributed by atoms with Crippen LogP contribution >= 0.6 is 0 Å². The number of nitrogens with one attached hydrogen (secondary N) is 1. The Bertz CT molecular complexity index is 252. The molecule has 0 aromatic carbocycles. The van der Waals surface area contributed by atoms with Gasteiger partial charge in [-0.3, -0.25) is 0 Å². The Morgan fingerprint density at radius 3 is 3.08 bits per heavy atom. The Morgan fingerprint density at radius 2 is 2.38 bits per heavy atom. The number of ether oxygens (including phenoxy) is 1. The van der Waals surface area contributed by atoms with Gasteiger partial charge in [0.05, 0.1) is 12.3 Å². The topological polar surface area (TPSA) is 47.0 Å². The molecule has 1 N–H and O–H groups in total. The molecule has 1 heterocycles. The third kappa shape index (κ3) is 3.48. The number of hydrogen-bond acceptors (Lipinski definition) is 4. The zero-order valence-corrected chi connectivity index (χ0v) is 8.08. The van der Waals surface area contributed by atoms with Crippen LogP contribution in [0.1, 0.15) is 11.5 Å². The van der Waals surface area contributed by atoms with Gasteiger partial charge in [0, 0.05) is 26.3 Å². The highest BCUT2D eigenvalue weighted by atomic mass is 16.5. The lowest BCUT2D eigenvalue weighted by atomic mass is 10.3. The van der Waals surface area contributed by atoms with E-state index in [1.807, 2.05) is 13.1 Å². The molecule has 0 amide bonds. The zero-order chi connectivity index (χ0) is 9.52. The Hall–Kier alpha value is -1.00. The largest absolute Gasteiger partial charge is 0.384 e. The standard InChI is InChI=1S/C9H15N3O/c1-10-7-8-3-5-11-9(12-8)4-6-13-2/h3,5,10H,4,6-7H2,1-2H3. The maximum Gasteiger partial charge on any atom is 0.130 e. The molecule has 0 unspecified atom stereocenters. The maximum atomic E-state index is 4.95. The van der Waals surface area contributed by atoms with Crippen molar-refractivity contribution < 1.29 is 4.74 Å². The van der Waals surface area contributed by atoms with Crippen molar-refractivity contribution in [1.29, 1.82) is 0 Å². The van der Waals surface area contributed by atoms with Gasteiger partial charge in [-0.05, 0) is 13.1 Å². The van der Waals surface area contributed by atoms with Crippen LogP contribution in [0.15, 0.2) is 12.3 Å². The van der Waals surface area contributed by atoms with Crippen LogP contribution in [0.5, 0.6) is 0 Å². The molecule has 0 bridgehead atoms. The molecule has 4 heteroatoms. The number of methoxy groups -OCH3 is 1. The lowest BCUT2D eigenvalue weighted by molar-refractivity contribution is 0.200. The van der Waals surface area contributed by atoms with E-state index >= 15 is 0 Å². The van der Waals surface area contributed by atoms with Crippen LogP contribution in [0.2, 0.25) is 0 Å². The maximum absolute atomic E-state index is 4.95. The number of rotatable bonds is 5. The molecule has 1 aromatic rings. The van der Waals surface area contributed by atoms with Crippen LogP contribution in [0.4, 0.5) is 0 Å². The van der Waals surface area contributed by atoms with Gasteiger partial charge in [0.25, 0.3) is 0 Å². The average Bonchev–Trinajstić information content (AvgIpc) is 2.16. The molecule has 0 aliphatic carbocycles. The van der Waals surface area contributed by atoms with E-state index in [2.05, 4.69) is 15.3 Å². The van der Waals surface area contributed by atoms with E-state index in [1.165, 1.54) is 0 Å². The lowest BCUT2D eigenvalue weighted by Gasteiger charge is -2.02. The zero-order valence-electron chi connectivity index (χ0n) is 8.08.